The Labute approximate surface area is 127 Å². The van der Waals surface area contributed by atoms with Gasteiger partial charge in [-0.1, -0.05) is 25.1 Å². The smallest absolute Gasteiger partial charge is 0.0867 e. The molecule has 0 spiro atoms. The summed E-state index contributed by atoms with van der Waals surface area (Å²) in [6, 6.07) is 12.8. The van der Waals surface area contributed by atoms with E-state index in [1.165, 1.54) is 5.69 Å². The van der Waals surface area contributed by atoms with Gasteiger partial charge in [-0.05, 0) is 50.2 Å². The summed E-state index contributed by atoms with van der Waals surface area (Å²) in [6.45, 7) is 3.86. The lowest BCUT2D eigenvalue weighted by Gasteiger charge is -2.46. The Hall–Kier alpha value is -1.53. The number of hydrogen-bond donors (Lipinski definition) is 1. The first-order chi connectivity index (χ1) is 10.1. The first kappa shape index (κ1) is 14.4. The molecule has 0 aromatic heterocycles. The highest BCUT2D eigenvalue weighted by Gasteiger charge is 2.54. The van der Waals surface area contributed by atoms with E-state index in [0.29, 0.717) is 18.8 Å². The average Bonchev–Trinajstić information content (AvgIpc) is 2.92. The Morgan fingerprint density at radius 2 is 1.86 bits per heavy atom. The maximum atomic E-state index is 11.2. The highest BCUT2D eigenvalue weighted by Crippen LogP contribution is 2.52. The van der Waals surface area contributed by atoms with Crippen LogP contribution in [0.15, 0.2) is 30.3 Å². The number of anilines is 1. The summed E-state index contributed by atoms with van der Waals surface area (Å²) in [6.07, 6.45) is 4.17. The molecule has 0 amide bonds. The van der Waals surface area contributed by atoms with Gasteiger partial charge < -0.3 is 10.0 Å². The van der Waals surface area contributed by atoms with Crippen molar-refractivity contribution in [2.75, 3.05) is 18.0 Å². The number of benzene rings is 1. The van der Waals surface area contributed by atoms with Crippen molar-refractivity contribution in [2.24, 2.45) is 11.3 Å². The zero-order valence-electron chi connectivity index (χ0n) is 12.8. The van der Waals surface area contributed by atoms with E-state index < -0.39 is 11.0 Å². The second kappa shape index (κ2) is 5.35. The first-order valence-electron chi connectivity index (χ1n) is 8.02. The number of nitriles is 1. The van der Waals surface area contributed by atoms with Crippen LogP contribution in [0, 0.1) is 22.7 Å². The van der Waals surface area contributed by atoms with Crippen molar-refractivity contribution < 1.29 is 5.11 Å². The van der Waals surface area contributed by atoms with Gasteiger partial charge in [0.05, 0.1) is 17.1 Å². The van der Waals surface area contributed by atoms with Gasteiger partial charge in [-0.25, -0.2) is 0 Å². The lowest BCUT2D eigenvalue weighted by Crippen LogP contribution is -2.54. The summed E-state index contributed by atoms with van der Waals surface area (Å²) in [5, 5.41) is 20.9. The van der Waals surface area contributed by atoms with Crippen molar-refractivity contribution in [1.29, 1.82) is 5.26 Å². The number of piperidine rings is 1. The van der Waals surface area contributed by atoms with Crippen LogP contribution in [0.25, 0.3) is 0 Å². The minimum Gasteiger partial charge on any atom is -0.388 e. The van der Waals surface area contributed by atoms with Crippen molar-refractivity contribution >= 4 is 5.69 Å². The summed E-state index contributed by atoms with van der Waals surface area (Å²) in [5.74, 6) is 0.556. The third-order valence-corrected chi connectivity index (χ3v) is 5.58. The summed E-state index contributed by atoms with van der Waals surface area (Å²) >= 11 is 0. The quantitative estimate of drug-likeness (QED) is 0.906. The Morgan fingerprint density at radius 3 is 2.38 bits per heavy atom. The summed E-state index contributed by atoms with van der Waals surface area (Å²) < 4.78 is 0. The molecule has 1 saturated heterocycles. The first-order valence-corrected chi connectivity index (χ1v) is 8.02. The molecule has 1 aliphatic carbocycles. The van der Waals surface area contributed by atoms with Gasteiger partial charge >= 0.3 is 0 Å². The fourth-order valence-electron chi connectivity index (χ4n) is 4.17. The Bertz CT molecular complexity index is 528. The molecule has 1 N–H and O–H groups in total. The summed E-state index contributed by atoms with van der Waals surface area (Å²) in [5.41, 5.74) is -0.113. The molecule has 3 nitrogen and oxygen atoms in total. The molecule has 1 aromatic carbocycles. The van der Waals surface area contributed by atoms with Crippen LogP contribution in [0.5, 0.6) is 0 Å². The average molecular weight is 284 g/mol. The number of aliphatic hydroxyl groups is 1. The van der Waals surface area contributed by atoms with Gasteiger partial charge in [0, 0.05) is 18.8 Å². The van der Waals surface area contributed by atoms with Crippen molar-refractivity contribution in [3.05, 3.63) is 30.3 Å². The zero-order chi connectivity index (χ0) is 14.9. The van der Waals surface area contributed by atoms with E-state index >= 15 is 0 Å². The fourth-order valence-corrected chi connectivity index (χ4v) is 4.17. The third-order valence-electron chi connectivity index (χ3n) is 5.58. The molecule has 0 radical (unpaired) electrons. The maximum Gasteiger partial charge on any atom is 0.0867 e. The van der Waals surface area contributed by atoms with Crippen molar-refractivity contribution in [3.63, 3.8) is 0 Å². The van der Waals surface area contributed by atoms with E-state index in [9.17, 15) is 10.4 Å². The number of hydrogen-bond acceptors (Lipinski definition) is 3. The largest absolute Gasteiger partial charge is 0.388 e. The van der Waals surface area contributed by atoms with Crippen molar-refractivity contribution in [3.8, 4) is 6.07 Å². The molecule has 1 aromatic rings. The predicted molar refractivity (Wildman–Crippen MR) is 83.9 cm³/mol. The molecule has 2 atom stereocenters. The van der Waals surface area contributed by atoms with Crippen molar-refractivity contribution in [1.82, 2.24) is 0 Å². The number of rotatable bonds is 2. The summed E-state index contributed by atoms with van der Waals surface area (Å²) in [7, 11) is 0. The molecule has 1 saturated carbocycles. The predicted octanol–water partition coefficient (Wildman–Crippen LogP) is 3.35. The molecule has 1 heterocycles. The van der Waals surface area contributed by atoms with Gasteiger partial charge in [0.1, 0.15) is 0 Å². The minimum absolute atomic E-state index is 0.519. The number of para-hydroxylation sites is 1. The van der Waals surface area contributed by atoms with Gasteiger partial charge in [-0.3, -0.25) is 0 Å². The van der Waals surface area contributed by atoms with Crippen LogP contribution >= 0.6 is 0 Å². The van der Waals surface area contributed by atoms with E-state index in [4.69, 9.17) is 0 Å². The highest BCUT2D eigenvalue weighted by atomic mass is 16.3. The fraction of sp³-hybridized carbons (Fsp3) is 0.611. The minimum atomic E-state index is -0.808. The van der Waals surface area contributed by atoms with E-state index in [2.05, 4.69) is 30.0 Å². The lowest BCUT2D eigenvalue weighted by molar-refractivity contribution is -0.0723. The van der Waals surface area contributed by atoms with Crippen LogP contribution in [-0.2, 0) is 0 Å². The Balaban J connectivity index is 1.74. The van der Waals surface area contributed by atoms with Crippen molar-refractivity contribution in [2.45, 2.75) is 44.6 Å². The second-order valence-electron chi connectivity index (χ2n) is 6.90. The van der Waals surface area contributed by atoms with E-state index in [0.717, 1.165) is 32.4 Å². The zero-order valence-corrected chi connectivity index (χ0v) is 12.8. The van der Waals surface area contributed by atoms with Gasteiger partial charge in [0.2, 0.25) is 0 Å². The van der Waals surface area contributed by atoms with E-state index in [1.54, 1.807) is 0 Å². The molecule has 3 heteroatoms. The number of nitrogens with zero attached hydrogens (tertiary/aromatic N) is 2. The molecule has 1 aliphatic heterocycles. The van der Waals surface area contributed by atoms with E-state index in [-0.39, 0.29) is 0 Å². The molecular weight excluding hydrogens is 260 g/mol. The van der Waals surface area contributed by atoms with Gasteiger partial charge in [0.25, 0.3) is 0 Å². The molecule has 2 unspecified atom stereocenters. The standard InChI is InChI=1S/C18H24N2O/c1-15-7-8-17(13-15,14-19)18(21)9-11-20(12-10-18)16-5-3-2-4-6-16/h2-6,15,21H,7-13H2,1H3. The Kier molecular flexibility index (Phi) is 3.67. The SMILES string of the molecule is CC1CCC(C#N)(C2(O)CCN(c3ccccc3)CC2)C1. The molecule has 21 heavy (non-hydrogen) atoms. The lowest BCUT2D eigenvalue weighted by atomic mass is 9.66. The molecule has 112 valence electrons. The third kappa shape index (κ3) is 2.42. The maximum absolute atomic E-state index is 11.2. The van der Waals surface area contributed by atoms with Crippen LogP contribution in [-0.4, -0.2) is 23.8 Å². The van der Waals surface area contributed by atoms with Crippen LogP contribution in [0.2, 0.25) is 0 Å². The molecular formula is C18H24N2O. The van der Waals surface area contributed by atoms with Crippen LogP contribution in [0.4, 0.5) is 5.69 Å². The van der Waals surface area contributed by atoms with Gasteiger partial charge in [-0.2, -0.15) is 5.26 Å². The second-order valence-corrected chi connectivity index (χ2v) is 6.90. The monoisotopic (exact) mass is 284 g/mol. The topological polar surface area (TPSA) is 47.3 Å². The van der Waals surface area contributed by atoms with E-state index in [1.807, 2.05) is 18.2 Å². The molecule has 2 fully saturated rings. The molecule has 3 rings (SSSR count). The molecule has 2 aliphatic rings. The highest BCUT2D eigenvalue weighted by molar-refractivity contribution is 5.46. The summed E-state index contributed by atoms with van der Waals surface area (Å²) in [4.78, 5) is 2.32. The van der Waals surface area contributed by atoms with Gasteiger partial charge in [-0.15, -0.1) is 0 Å². The van der Waals surface area contributed by atoms with Crippen LogP contribution in [0.1, 0.15) is 39.0 Å². The van der Waals surface area contributed by atoms with Crippen LogP contribution in [0.3, 0.4) is 0 Å². The van der Waals surface area contributed by atoms with Crippen LogP contribution < -0.4 is 4.90 Å². The molecule has 0 bridgehead atoms. The Morgan fingerprint density at radius 1 is 1.19 bits per heavy atom. The normalized spacial score (nSPS) is 31.9. The van der Waals surface area contributed by atoms with Gasteiger partial charge in [0.15, 0.2) is 0 Å².